The van der Waals surface area contributed by atoms with Crippen molar-refractivity contribution in [3.05, 3.63) is 12.4 Å². The maximum Gasteiger partial charge on any atom is 0.103 e. The fraction of sp³-hybridized carbons (Fsp3) is 0.250. The van der Waals surface area contributed by atoms with Gasteiger partial charge in [-0.05, 0) is 15.9 Å². The maximum atomic E-state index is 3.96. The molecule has 0 N–H and O–H groups in total. The lowest BCUT2D eigenvalue weighted by atomic mass is 10.6. The van der Waals surface area contributed by atoms with Crippen LogP contribution in [0.1, 0.15) is 0 Å². The van der Waals surface area contributed by atoms with Crippen molar-refractivity contribution >= 4 is 36.7 Å². The fourth-order valence-electron chi connectivity index (χ4n) is 0.405. The second-order valence-electron chi connectivity index (χ2n) is 1.36. The van der Waals surface area contributed by atoms with Crippen molar-refractivity contribution in [3.8, 4) is 0 Å². The SMILES string of the molecule is BrC1=NC=CN(Br)C1. The predicted octanol–water partition coefficient (Wildman–Crippen LogP) is 1.88. The van der Waals surface area contributed by atoms with Crippen molar-refractivity contribution in [3.63, 3.8) is 0 Å². The first-order valence-electron chi connectivity index (χ1n) is 2.10. The highest BCUT2D eigenvalue weighted by Gasteiger charge is 2.00. The summed E-state index contributed by atoms with van der Waals surface area (Å²) < 4.78 is 2.81. The molecule has 0 amide bonds. The monoisotopic (exact) mass is 238 g/mol. The van der Waals surface area contributed by atoms with Crippen molar-refractivity contribution in [2.75, 3.05) is 6.54 Å². The first-order chi connectivity index (χ1) is 3.79. The van der Waals surface area contributed by atoms with Crippen LogP contribution in [0, 0.1) is 0 Å². The van der Waals surface area contributed by atoms with Gasteiger partial charge in [-0.15, -0.1) is 0 Å². The Morgan fingerprint density at radius 1 is 1.75 bits per heavy atom. The maximum absolute atomic E-state index is 3.96. The average Bonchev–Trinajstić information content (AvgIpc) is 1.64. The molecule has 8 heavy (non-hydrogen) atoms. The van der Waals surface area contributed by atoms with Crippen LogP contribution < -0.4 is 0 Å². The summed E-state index contributed by atoms with van der Waals surface area (Å²) >= 11 is 6.52. The van der Waals surface area contributed by atoms with E-state index in [9.17, 15) is 0 Å². The minimum Gasteiger partial charge on any atom is -0.308 e. The molecule has 0 aromatic rings. The van der Waals surface area contributed by atoms with E-state index in [1.165, 1.54) is 0 Å². The van der Waals surface area contributed by atoms with Crippen molar-refractivity contribution in [2.45, 2.75) is 0 Å². The Morgan fingerprint density at radius 2 is 2.50 bits per heavy atom. The van der Waals surface area contributed by atoms with Gasteiger partial charge in [0.05, 0.1) is 6.54 Å². The zero-order valence-electron chi connectivity index (χ0n) is 4.01. The zero-order chi connectivity index (χ0) is 5.98. The second-order valence-corrected chi connectivity index (χ2v) is 3.19. The van der Waals surface area contributed by atoms with E-state index in [-0.39, 0.29) is 0 Å². The van der Waals surface area contributed by atoms with Crippen molar-refractivity contribution in [1.29, 1.82) is 0 Å². The Balaban J connectivity index is 2.59. The summed E-state index contributed by atoms with van der Waals surface area (Å²) in [6.45, 7) is 0.802. The lowest BCUT2D eigenvalue weighted by molar-refractivity contribution is 0.737. The van der Waals surface area contributed by atoms with Crippen molar-refractivity contribution in [2.24, 2.45) is 4.99 Å². The quantitative estimate of drug-likeness (QED) is 0.590. The molecule has 4 heteroatoms. The van der Waals surface area contributed by atoms with Gasteiger partial charge in [0.25, 0.3) is 0 Å². The van der Waals surface area contributed by atoms with Gasteiger partial charge >= 0.3 is 0 Å². The van der Waals surface area contributed by atoms with Gasteiger partial charge in [0.2, 0.25) is 0 Å². The molecule has 0 radical (unpaired) electrons. The van der Waals surface area contributed by atoms with Gasteiger partial charge in [0.1, 0.15) is 4.62 Å². The molecule has 0 saturated carbocycles. The van der Waals surface area contributed by atoms with Crippen LogP contribution in [0.5, 0.6) is 0 Å². The van der Waals surface area contributed by atoms with Crippen LogP contribution in [0.2, 0.25) is 0 Å². The van der Waals surface area contributed by atoms with E-state index in [0.717, 1.165) is 11.2 Å². The Morgan fingerprint density at radius 3 is 2.88 bits per heavy atom. The predicted molar refractivity (Wildman–Crippen MR) is 41.1 cm³/mol. The molecule has 0 bridgehead atoms. The summed E-state index contributed by atoms with van der Waals surface area (Å²) in [4.78, 5) is 3.96. The molecule has 0 aromatic heterocycles. The number of hydrogen-bond donors (Lipinski definition) is 0. The van der Waals surface area contributed by atoms with Gasteiger partial charge in [-0.2, -0.15) is 0 Å². The second kappa shape index (κ2) is 2.64. The lowest BCUT2D eigenvalue weighted by Gasteiger charge is -2.11. The molecule has 0 spiro atoms. The molecule has 0 saturated heterocycles. The highest BCUT2D eigenvalue weighted by Crippen LogP contribution is 2.07. The van der Waals surface area contributed by atoms with Gasteiger partial charge < -0.3 is 3.93 Å². The summed E-state index contributed by atoms with van der Waals surface area (Å²) in [5.41, 5.74) is 0. The first kappa shape index (κ1) is 6.29. The molecule has 0 unspecified atom stereocenters. The minimum atomic E-state index is 0.802. The largest absolute Gasteiger partial charge is 0.308 e. The van der Waals surface area contributed by atoms with Gasteiger partial charge in [-0.3, -0.25) is 4.99 Å². The van der Waals surface area contributed by atoms with Crippen molar-refractivity contribution < 1.29 is 0 Å². The van der Waals surface area contributed by atoms with E-state index >= 15 is 0 Å². The van der Waals surface area contributed by atoms with Crippen LogP contribution in [-0.4, -0.2) is 15.1 Å². The molecular formula is C4H4Br2N2. The average molecular weight is 240 g/mol. The molecule has 1 aliphatic rings. The highest BCUT2D eigenvalue weighted by molar-refractivity contribution is 9.18. The fourth-order valence-corrected chi connectivity index (χ4v) is 1.47. The van der Waals surface area contributed by atoms with Crippen molar-refractivity contribution in [1.82, 2.24) is 3.93 Å². The van der Waals surface area contributed by atoms with Crippen LogP contribution in [0.25, 0.3) is 0 Å². The van der Waals surface area contributed by atoms with E-state index in [2.05, 4.69) is 37.1 Å². The third kappa shape index (κ3) is 1.59. The van der Waals surface area contributed by atoms with Crippen LogP contribution >= 0.6 is 32.1 Å². The van der Waals surface area contributed by atoms with E-state index < -0.39 is 0 Å². The molecule has 1 rings (SSSR count). The molecule has 1 aliphatic heterocycles. The Kier molecular flexibility index (Phi) is 2.08. The molecular weight excluding hydrogens is 236 g/mol. The van der Waals surface area contributed by atoms with E-state index in [4.69, 9.17) is 0 Å². The third-order valence-electron chi connectivity index (χ3n) is 0.725. The number of halogens is 2. The molecule has 44 valence electrons. The number of nitrogens with zero attached hydrogens (tertiary/aromatic N) is 2. The van der Waals surface area contributed by atoms with Gasteiger partial charge in [0.15, 0.2) is 0 Å². The summed E-state index contributed by atoms with van der Waals surface area (Å²) in [6.07, 6.45) is 3.58. The molecule has 0 fully saturated rings. The Hall–Kier alpha value is 0.170. The first-order valence-corrected chi connectivity index (χ1v) is 3.60. The molecule has 0 atom stereocenters. The van der Waals surface area contributed by atoms with Gasteiger partial charge in [-0.25, -0.2) is 0 Å². The summed E-state index contributed by atoms with van der Waals surface area (Å²) in [5.74, 6) is 0. The number of rotatable bonds is 0. The van der Waals surface area contributed by atoms with Gasteiger partial charge in [0, 0.05) is 28.5 Å². The molecule has 1 heterocycles. The van der Waals surface area contributed by atoms with Crippen LogP contribution in [0.3, 0.4) is 0 Å². The molecule has 2 nitrogen and oxygen atoms in total. The topological polar surface area (TPSA) is 15.6 Å². The standard InChI is InChI=1S/C4H4Br2N2/c5-4-3-8(6)2-1-7-4/h1-2H,3H2. The molecule has 0 aromatic carbocycles. The minimum absolute atomic E-state index is 0.802. The zero-order valence-corrected chi connectivity index (χ0v) is 7.18. The van der Waals surface area contributed by atoms with E-state index in [1.807, 2.05) is 10.1 Å². The highest BCUT2D eigenvalue weighted by atomic mass is 79.9. The third-order valence-corrected chi connectivity index (χ3v) is 1.67. The summed E-state index contributed by atoms with van der Waals surface area (Å²) in [7, 11) is 0. The van der Waals surface area contributed by atoms with Crippen LogP contribution in [0.15, 0.2) is 17.4 Å². The van der Waals surface area contributed by atoms with Crippen LogP contribution in [-0.2, 0) is 0 Å². The summed E-state index contributed by atoms with van der Waals surface area (Å²) in [6, 6.07) is 0. The van der Waals surface area contributed by atoms with Crippen LogP contribution in [0.4, 0.5) is 0 Å². The van der Waals surface area contributed by atoms with E-state index in [0.29, 0.717) is 0 Å². The summed E-state index contributed by atoms with van der Waals surface area (Å²) in [5, 5.41) is 0. The lowest BCUT2D eigenvalue weighted by Crippen LogP contribution is -2.13. The van der Waals surface area contributed by atoms with Gasteiger partial charge in [-0.1, -0.05) is 0 Å². The number of hydrogen-bond acceptors (Lipinski definition) is 2. The Bertz CT molecular complexity index is 141. The smallest absolute Gasteiger partial charge is 0.103 e. The molecule has 0 aliphatic carbocycles. The Labute approximate surface area is 64.7 Å². The van der Waals surface area contributed by atoms with E-state index in [1.54, 1.807) is 6.20 Å². The normalized spacial score (nSPS) is 18.8. The number of aliphatic imine (C=N–C) groups is 1.